The van der Waals surface area contributed by atoms with Gasteiger partial charge in [0.25, 0.3) is 5.91 Å². The zero-order chi connectivity index (χ0) is 21.0. The average Bonchev–Trinajstić information content (AvgIpc) is 2.69. The van der Waals surface area contributed by atoms with E-state index in [0.717, 1.165) is 5.69 Å². The van der Waals surface area contributed by atoms with E-state index in [0.29, 0.717) is 15.9 Å². The second kappa shape index (κ2) is 9.08. The van der Waals surface area contributed by atoms with E-state index in [9.17, 15) is 9.18 Å². The number of benzene rings is 2. The van der Waals surface area contributed by atoms with Gasteiger partial charge < -0.3 is 9.64 Å². The Balaban J connectivity index is 1.90. The summed E-state index contributed by atoms with van der Waals surface area (Å²) >= 11 is 12.5. The molecule has 148 valence electrons. The first-order valence-corrected chi connectivity index (χ1v) is 9.48. The van der Waals surface area contributed by atoms with Crippen LogP contribution in [-0.4, -0.2) is 24.0 Å². The molecule has 3 aromatic rings. The number of hydrogen-bond donors (Lipinski definition) is 0. The van der Waals surface area contributed by atoms with E-state index in [1.54, 1.807) is 18.2 Å². The Bertz CT molecular complexity index is 1120. The van der Waals surface area contributed by atoms with Crippen molar-refractivity contribution in [2.24, 2.45) is 0 Å². The number of halogens is 3. The van der Waals surface area contributed by atoms with Gasteiger partial charge in [-0.2, -0.15) is 5.26 Å². The number of ether oxygens (including phenoxy) is 1. The summed E-state index contributed by atoms with van der Waals surface area (Å²) in [5, 5.41) is 10.1. The van der Waals surface area contributed by atoms with E-state index in [-0.39, 0.29) is 29.4 Å². The van der Waals surface area contributed by atoms with Gasteiger partial charge in [-0.3, -0.25) is 4.79 Å². The first-order valence-electron chi connectivity index (χ1n) is 8.72. The maximum absolute atomic E-state index is 14.2. The number of rotatable bonds is 6. The van der Waals surface area contributed by atoms with Gasteiger partial charge in [-0.05, 0) is 37.3 Å². The zero-order valence-electron chi connectivity index (χ0n) is 15.5. The van der Waals surface area contributed by atoms with Crippen LogP contribution in [-0.2, 0) is 4.79 Å². The third-order valence-corrected chi connectivity index (χ3v) is 4.80. The van der Waals surface area contributed by atoms with Crippen LogP contribution < -0.4 is 9.64 Å². The van der Waals surface area contributed by atoms with E-state index in [2.05, 4.69) is 4.98 Å². The highest BCUT2D eigenvalue weighted by atomic mass is 35.5. The molecule has 1 amide bonds. The highest BCUT2D eigenvalue weighted by Gasteiger charge is 2.21. The number of hydrogen-bond acceptors (Lipinski definition) is 4. The van der Waals surface area contributed by atoms with Crippen molar-refractivity contribution in [2.75, 3.05) is 18.1 Å². The van der Waals surface area contributed by atoms with E-state index in [4.69, 9.17) is 33.2 Å². The number of amides is 1. The number of fused-ring (bicyclic) bond motifs is 1. The molecule has 1 heterocycles. The molecule has 2 aromatic carbocycles. The molecule has 0 unspecified atom stereocenters. The molecule has 0 aliphatic carbocycles. The zero-order valence-corrected chi connectivity index (χ0v) is 17.0. The van der Waals surface area contributed by atoms with Crippen molar-refractivity contribution < 1.29 is 13.9 Å². The van der Waals surface area contributed by atoms with Crippen LogP contribution in [0.15, 0.2) is 42.5 Å². The van der Waals surface area contributed by atoms with Crippen LogP contribution in [0.1, 0.15) is 12.1 Å². The Labute approximate surface area is 177 Å². The predicted molar refractivity (Wildman–Crippen MR) is 111 cm³/mol. The van der Waals surface area contributed by atoms with Gasteiger partial charge in [0.15, 0.2) is 12.4 Å². The Morgan fingerprint density at radius 1 is 1.24 bits per heavy atom. The van der Waals surface area contributed by atoms with Crippen molar-refractivity contribution in [1.29, 1.82) is 5.26 Å². The standard InChI is InChI=1S/C21H16Cl2FN3O2/c1-13-7-8-14-15(22)11-16(23)21(20(14)26-13)29-12-19(28)27(10-4-9-25)18-6-3-2-5-17(18)24/h2-3,5-8,11H,4,10,12H2,1H3. The van der Waals surface area contributed by atoms with E-state index >= 15 is 0 Å². The summed E-state index contributed by atoms with van der Waals surface area (Å²) in [7, 11) is 0. The van der Waals surface area contributed by atoms with Gasteiger partial charge in [-0.15, -0.1) is 0 Å². The number of aromatic nitrogens is 1. The molecule has 0 saturated heterocycles. The van der Waals surface area contributed by atoms with Crippen LogP contribution in [0.25, 0.3) is 10.9 Å². The highest BCUT2D eigenvalue weighted by Crippen LogP contribution is 2.37. The van der Waals surface area contributed by atoms with Gasteiger partial charge in [-0.25, -0.2) is 9.37 Å². The van der Waals surface area contributed by atoms with Crippen LogP contribution >= 0.6 is 23.2 Å². The quantitative estimate of drug-likeness (QED) is 0.529. The fourth-order valence-electron chi connectivity index (χ4n) is 2.85. The number of nitrogens with zero attached hydrogens (tertiary/aromatic N) is 3. The number of carbonyl (C=O) groups is 1. The number of para-hydroxylation sites is 1. The monoisotopic (exact) mass is 431 g/mol. The lowest BCUT2D eigenvalue weighted by atomic mass is 10.2. The summed E-state index contributed by atoms with van der Waals surface area (Å²) in [6, 6.07) is 12.9. The number of anilines is 1. The molecular formula is C21H16Cl2FN3O2. The SMILES string of the molecule is Cc1ccc2c(Cl)cc(Cl)c(OCC(=O)N(CCC#N)c3ccccc3F)c2n1. The lowest BCUT2D eigenvalue weighted by molar-refractivity contribution is -0.120. The van der Waals surface area contributed by atoms with Gasteiger partial charge in [0, 0.05) is 17.6 Å². The van der Waals surface area contributed by atoms with Crippen molar-refractivity contribution in [3.63, 3.8) is 0 Å². The molecule has 3 rings (SSSR count). The molecule has 0 aliphatic rings. The number of pyridine rings is 1. The van der Waals surface area contributed by atoms with Crippen LogP contribution in [0.4, 0.5) is 10.1 Å². The van der Waals surface area contributed by atoms with E-state index in [1.165, 1.54) is 29.2 Å². The predicted octanol–water partition coefficient (Wildman–Crippen LogP) is 5.31. The van der Waals surface area contributed by atoms with Crippen molar-refractivity contribution in [2.45, 2.75) is 13.3 Å². The molecule has 0 fully saturated rings. The van der Waals surface area contributed by atoms with Gasteiger partial charge in [0.2, 0.25) is 0 Å². The second-order valence-electron chi connectivity index (χ2n) is 6.21. The molecule has 8 heteroatoms. The molecule has 29 heavy (non-hydrogen) atoms. The van der Waals surface area contributed by atoms with Crippen molar-refractivity contribution in [3.05, 3.63) is 64.0 Å². The van der Waals surface area contributed by atoms with Crippen molar-refractivity contribution >= 4 is 45.7 Å². The molecule has 5 nitrogen and oxygen atoms in total. The van der Waals surface area contributed by atoms with Gasteiger partial charge >= 0.3 is 0 Å². The van der Waals surface area contributed by atoms with Gasteiger partial charge in [0.05, 0.1) is 28.2 Å². The molecule has 0 atom stereocenters. The molecule has 0 radical (unpaired) electrons. The average molecular weight is 432 g/mol. The minimum Gasteiger partial charge on any atom is -0.480 e. The molecule has 0 bridgehead atoms. The number of nitriles is 1. The number of carbonyl (C=O) groups excluding carboxylic acids is 1. The summed E-state index contributed by atoms with van der Waals surface area (Å²) in [6.45, 7) is 1.43. The lowest BCUT2D eigenvalue weighted by Gasteiger charge is -2.22. The Kier molecular flexibility index (Phi) is 6.53. The van der Waals surface area contributed by atoms with Crippen LogP contribution in [0, 0.1) is 24.1 Å². The summed E-state index contributed by atoms with van der Waals surface area (Å²) in [5.74, 6) is -0.861. The summed E-state index contributed by atoms with van der Waals surface area (Å²) in [4.78, 5) is 18.4. The first-order chi connectivity index (χ1) is 13.9. The Morgan fingerprint density at radius 2 is 2.00 bits per heavy atom. The maximum atomic E-state index is 14.2. The Hall–Kier alpha value is -2.88. The highest BCUT2D eigenvalue weighted by molar-refractivity contribution is 6.39. The topological polar surface area (TPSA) is 66.2 Å². The van der Waals surface area contributed by atoms with Gasteiger partial charge in [0.1, 0.15) is 11.3 Å². The summed E-state index contributed by atoms with van der Waals surface area (Å²) in [6.07, 6.45) is 0.0471. The summed E-state index contributed by atoms with van der Waals surface area (Å²) < 4.78 is 19.9. The smallest absolute Gasteiger partial charge is 0.265 e. The molecule has 0 saturated carbocycles. The molecule has 0 spiro atoms. The van der Waals surface area contributed by atoms with E-state index < -0.39 is 18.3 Å². The Morgan fingerprint density at radius 3 is 2.72 bits per heavy atom. The molecular weight excluding hydrogens is 416 g/mol. The molecule has 0 N–H and O–H groups in total. The first kappa shape index (κ1) is 20.8. The molecule has 1 aromatic heterocycles. The third kappa shape index (κ3) is 4.58. The van der Waals surface area contributed by atoms with Crippen molar-refractivity contribution in [1.82, 2.24) is 4.98 Å². The fraction of sp³-hybridized carbons (Fsp3) is 0.190. The van der Waals surface area contributed by atoms with Gasteiger partial charge in [-0.1, -0.05) is 35.3 Å². The third-order valence-electron chi connectivity index (χ3n) is 4.21. The normalized spacial score (nSPS) is 10.6. The fourth-order valence-corrected chi connectivity index (χ4v) is 3.42. The van der Waals surface area contributed by atoms with Crippen LogP contribution in [0.5, 0.6) is 5.75 Å². The number of aryl methyl sites for hydroxylation is 1. The second-order valence-corrected chi connectivity index (χ2v) is 7.03. The van der Waals surface area contributed by atoms with Crippen LogP contribution in [0.2, 0.25) is 10.0 Å². The van der Waals surface area contributed by atoms with Crippen LogP contribution in [0.3, 0.4) is 0 Å². The largest absolute Gasteiger partial charge is 0.480 e. The minimum atomic E-state index is -0.564. The lowest BCUT2D eigenvalue weighted by Crippen LogP contribution is -2.36. The summed E-state index contributed by atoms with van der Waals surface area (Å²) in [5.41, 5.74) is 1.25. The van der Waals surface area contributed by atoms with E-state index in [1.807, 2.05) is 13.0 Å². The maximum Gasteiger partial charge on any atom is 0.265 e. The van der Waals surface area contributed by atoms with Crippen molar-refractivity contribution in [3.8, 4) is 11.8 Å². The molecule has 0 aliphatic heterocycles. The minimum absolute atomic E-state index is 0.0338.